The van der Waals surface area contributed by atoms with Crippen LogP contribution >= 0.6 is 11.6 Å². The first kappa shape index (κ1) is 14.3. The van der Waals surface area contributed by atoms with E-state index < -0.39 is 4.92 Å². The topological polar surface area (TPSA) is 70.1 Å². The van der Waals surface area contributed by atoms with Crippen molar-refractivity contribution < 1.29 is 4.92 Å². The van der Waals surface area contributed by atoms with E-state index in [1.54, 1.807) is 17.0 Å². The molecule has 0 spiro atoms. The van der Waals surface area contributed by atoms with E-state index >= 15 is 0 Å². The van der Waals surface area contributed by atoms with Gasteiger partial charge in [0.05, 0.1) is 11.5 Å². The minimum absolute atomic E-state index is 0.0366. The van der Waals surface area contributed by atoms with Crippen LogP contribution in [0.1, 0.15) is 18.9 Å². The van der Waals surface area contributed by atoms with Gasteiger partial charge in [0.2, 0.25) is 0 Å². The second-order valence-corrected chi connectivity index (χ2v) is 4.84. The number of aromatic nitrogens is 2. The lowest BCUT2D eigenvalue weighted by Gasteiger charge is -2.05. The maximum absolute atomic E-state index is 12.0. The minimum Gasteiger partial charge on any atom is -0.299 e. The molecule has 2 aromatic rings. The van der Waals surface area contributed by atoms with Crippen molar-refractivity contribution in [3.8, 4) is 0 Å². The summed E-state index contributed by atoms with van der Waals surface area (Å²) >= 11 is 6.03. The number of halogens is 1. The van der Waals surface area contributed by atoms with Gasteiger partial charge in [0, 0.05) is 36.1 Å². The lowest BCUT2D eigenvalue weighted by Crippen LogP contribution is -2.24. The highest BCUT2D eigenvalue weighted by Crippen LogP contribution is 2.22. The van der Waals surface area contributed by atoms with E-state index in [1.807, 2.05) is 6.92 Å². The van der Waals surface area contributed by atoms with Crippen molar-refractivity contribution in [1.29, 1.82) is 0 Å². The van der Waals surface area contributed by atoms with Crippen LogP contribution in [0.2, 0.25) is 5.02 Å². The summed E-state index contributed by atoms with van der Waals surface area (Å²) in [4.78, 5) is 22.3. The molecule has 1 heterocycles. The molecule has 0 radical (unpaired) electrons. The SMILES string of the molecule is CCCn1ccn(Cc2cc([N+](=O)[O-])ccc2Cl)c1=O. The summed E-state index contributed by atoms with van der Waals surface area (Å²) in [6.45, 7) is 2.85. The largest absolute Gasteiger partial charge is 0.328 e. The molecule has 20 heavy (non-hydrogen) atoms. The number of benzene rings is 1. The Hall–Kier alpha value is -2.08. The number of non-ortho nitro benzene ring substituents is 1. The Morgan fingerprint density at radius 3 is 2.65 bits per heavy atom. The van der Waals surface area contributed by atoms with E-state index in [-0.39, 0.29) is 17.9 Å². The van der Waals surface area contributed by atoms with Crippen molar-refractivity contribution in [3.63, 3.8) is 0 Å². The van der Waals surface area contributed by atoms with Gasteiger partial charge in [-0.1, -0.05) is 18.5 Å². The molecule has 0 saturated heterocycles. The quantitative estimate of drug-likeness (QED) is 0.629. The fraction of sp³-hybridized carbons (Fsp3) is 0.308. The first-order chi connectivity index (χ1) is 9.52. The number of hydrogen-bond acceptors (Lipinski definition) is 3. The third-order valence-corrected chi connectivity index (χ3v) is 3.33. The zero-order valence-corrected chi connectivity index (χ0v) is 11.7. The third kappa shape index (κ3) is 2.91. The van der Waals surface area contributed by atoms with Crippen LogP contribution in [0.25, 0.3) is 0 Å². The summed E-state index contributed by atoms with van der Waals surface area (Å²) < 4.78 is 3.09. The Morgan fingerprint density at radius 2 is 2.00 bits per heavy atom. The van der Waals surface area contributed by atoms with Crippen LogP contribution in [0.15, 0.2) is 35.4 Å². The summed E-state index contributed by atoms with van der Waals surface area (Å²) in [6, 6.07) is 4.21. The van der Waals surface area contributed by atoms with Crippen molar-refractivity contribution in [1.82, 2.24) is 9.13 Å². The van der Waals surface area contributed by atoms with Crippen LogP contribution in [0.3, 0.4) is 0 Å². The summed E-state index contributed by atoms with van der Waals surface area (Å²) in [6.07, 6.45) is 4.23. The molecule has 0 amide bonds. The Balaban J connectivity index is 2.32. The molecular formula is C13H14ClN3O3. The third-order valence-electron chi connectivity index (χ3n) is 2.96. The molecule has 6 nitrogen and oxygen atoms in total. The Morgan fingerprint density at radius 1 is 1.30 bits per heavy atom. The number of nitro benzene ring substituents is 1. The average Bonchev–Trinajstić information content (AvgIpc) is 2.74. The highest BCUT2D eigenvalue weighted by molar-refractivity contribution is 6.31. The molecule has 0 aliphatic rings. The van der Waals surface area contributed by atoms with Crippen LogP contribution in [-0.2, 0) is 13.1 Å². The molecule has 0 N–H and O–H groups in total. The second kappa shape index (κ2) is 5.92. The van der Waals surface area contributed by atoms with Gasteiger partial charge in [-0.05, 0) is 18.1 Å². The Bertz CT molecular complexity index is 690. The molecule has 1 aromatic heterocycles. The van der Waals surface area contributed by atoms with Crippen molar-refractivity contribution in [2.75, 3.05) is 0 Å². The van der Waals surface area contributed by atoms with Gasteiger partial charge < -0.3 is 0 Å². The summed E-state index contributed by atoms with van der Waals surface area (Å²) in [5, 5.41) is 11.2. The second-order valence-electron chi connectivity index (χ2n) is 4.43. The van der Waals surface area contributed by atoms with Crippen molar-refractivity contribution >= 4 is 17.3 Å². The summed E-state index contributed by atoms with van der Waals surface area (Å²) in [5.41, 5.74) is 0.372. The van der Waals surface area contributed by atoms with Crippen LogP contribution in [-0.4, -0.2) is 14.1 Å². The number of imidazole rings is 1. The lowest BCUT2D eigenvalue weighted by molar-refractivity contribution is -0.384. The van der Waals surface area contributed by atoms with Crippen LogP contribution in [0.4, 0.5) is 5.69 Å². The van der Waals surface area contributed by atoms with Crippen LogP contribution in [0, 0.1) is 10.1 Å². The molecular weight excluding hydrogens is 282 g/mol. The smallest absolute Gasteiger partial charge is 0.299 e. The molecule has 0 aliphatic carbocycles. The van der Waals surface area contributed by atoms with Gasteiger partial charge in [0.25, 0.3) is 5.69 Å². The molecule has 0 unspecified atom stereocenters. The van der Waals surface area contributed by atoms with Gasteiger partial charge in [-0.3, -0.25) is 19.2 Å². The summed E-state index contributed by atoms with van der Waals surface area (Å²) in [7, 11) is 0. The molecule has 1 aromatic carbocycles. The fourth-order valence-electron chi connectivity index (χ4n) is 1.96. The number of hydrogen-bond donors (Lipinski definition) is 0. The average molecular weight is 296 g/mol. The standard InChI is InChI=1S/C13H14ClN3O3/c1-2-5-15-6-7-16(13(15)18)9-10-8-11(17(19)20)3-4-12(10)14/h3-4,6-8H,2,5,9H2,1H3. The molecule has 0 saturated carbocycles. The fourth-order valence-corrected chi connectivity index (χ4v) is 2.14. The molecule has 7 heteroatoms. The van der Waals surface area contributed by atoms with Crippen molar-refractivity contribution in [2.45, 2.75) is 26.4 Å². The highest BCUT2D eigenvalue weighted by Gasteiger charge is 2.11. The van der Waals surface area contributed by atoms with E-state index in [4.69, 9.17) is 11.6 Å². The highest BCUT2D eigenvalue weighted by atomic mass is 35.5. The van der Waals surface area contributed by atoms with Gasteiger partial charge in [-0.2, -0.15) is 0 Å². The van der Waals surface area contributed by atoms with Gasteiger partial charge in [-0.15, -0.1) is 0 Å². The molecule has 106 valence electrons. The lowest BCUT2D eigenvalue weighted by atomic mass is 10.2. The van der Waals surface area contributed by atoms with Crippen molar-refractivity contribution in [3.05, 3.63) is 61.8 Å². The van der Waals surface area contributed by atoms with E-state index in [0.717, 1.165) is 6.42 Å². The van der Waals surface area contributed by atoms with Crippen molar-refractivity contribution in [2.24, 2.45) is 0 Å². The van der Waals surface area contributed by atoms with E-state index in [2.05, 4.69) is 0 Å². The molecule has 2 rings (SSSR count). The molecule has 0 aliphatic heterocycles. The number of nitrogens with zero attached hydrogens (tertiary/aromatic N) is 3. The maximum atomic E-state index is 12.0. The van der Waals surface area contributed by atoms with E-state index in [1.165, 1.54) is 22.8 Å². The predicted molar refractivity (Wildman–Crippen MR) is 76.2 cm³/mol. The monoisotopic (exact) mass is 295 g/mol. The number of aryl methyl sites for hydroxylation is 1. The van der Waals surface area contributed by atoms with Gasteiger partial charge >= 0.3 is 5.69 Å². The number of nitro groups is 1. The zero-order valence-electron chi connectivity index (χ0n) is 11.0. The predicted octanol–water partition coefficient (Wildman–Crippen LogP) is 2.67. The minimum atomic E-state index is -0.481. The molecule has 0 atom stereocenters. The maximum Gasteiger partial charge on any atom is 0.328 e. The first-order valence-electron chi connectivity index (χ1n) is 6.21. The van der Waals surface area contributed by atoms with Gasteiger partial charge in [-0.25, -0.2) is 4.79 Å². The van der Waals surface area contributed by atoms with E-state index in [0.29, 0.717) is 17.1 Å². The number of rotatable bonds is 5. The van der Waals surface area contributed by atoms with E-state index in [9.17, 15) is 14.9 Å². The molecule has 0 fully saturated rings. The van der Waals surface area contributed by atoms with Crippen LogP contribution < -0.4 is 5.69 Å². The Labute approximate surface area is 120 Å². The van der Waals surface area contributed by atoms with Crippen LogP contribution in [0.5, 0.6) is 0 Å². The Kier molecular flexibility index (Phi) is 4.24. The van der Waals surface area contributed by atoms with Gasteiger partial charge in [0.1, 0.15) is 0 Å². The van der Waals surface area contributed by atoms with Gasteiger partial charge in [0.15, 0.2) is 0 Å². The summed E-state index contributed by atoms with van der Waals surface area (Å²) in [5.74, 6) is 0. The zero-order chi connectivity index (χ0) is 14.7. The first-order valence-corrected chi connectivity index (χ1v) is 6.59. The molecule has 0 bridgehead atoms. The normalized spacial score (nSPS) is 10.7.